The predicted molar refractivity (Wildman–Crippen MR) is 55.0 cm³/mol. The van der Waals surface area contributed by atoms with Crippen LogP contribution in [0.25, 0.3) is 11.3 Å². The fraction of sp³-hybridized carbons (Fsp3) is 0. The van der Waals surface area contributed by atoms with Crippen molar-refractivity contribution in [1.29, 1.82) is 0 Å². The highest BCUT2D eigenvalue weighted by atomic mass is 19.1. The van der Waals surface area contributed by atoms with Crippen LogP contribution in [0.15, 0.2) is 24.3 Å². The van der Waals surface area contributed by atoms with Gasteiger partial charge in [0.1, 0.15) is 11.6 Å². The number of aromatic nitrogens is 2. The zero-order valence-electron chi connectivity index (χ0n) is 7.98. The molecule has 0 saturated carbocycles. The summed E-state index contributed by atoms with van der Waals surface area (Å²) in [5.74, 6) is -0.467. The van der Waals surface area contributed by atoms with E-state index in [1.807, 2.05) is 0 Å². The third kappa shape index (κ3) is 1.70. The van der Waals surface area contributed by atoms with E-state index >= 15 is 0 Å². The van der Waals surface area contributed by atoms with E-state index in [4.69, 9.17) is 5.73 Å². The maximum absolute atomic E-state index is 13.5. The summed E-state index contributed by atoms with van der Waals surface area (Å²) in [6.07, 6.45) is 0. The normalized spacial score (nSPS) is 10.3. The Labute approximate surface area is 89.0 Å². The summed E-state index contributed by atoms with van der Waals surface area (Å²) >= 11 is 0. The van der Waals surface area contributed by atoms with Crippen molar-refractivity contribution in [2.24, 2.45) is 0 Å². The number of nitrogen functional groups attached to an aromatic ring is 1. The lowest BCUT2D eigenvalue weighted by atomic mass is 10.1. The van der Waals surface area contributed by atoms with Gasteiger partial charge in [0, 0.05) is 17.7 Å². The Morgan fingerprint density at radius 3 is 2.69 bits per heavy atom. The van der Waals surface area contributed by atoms with E-state index in [2.05, 4.69) is 10.2 Å². The van der Waals surface area contributed by atoms with E-state index < -0.39 is 10.7 Å². The van der Waals surface area contributed by atoms with Crippen molar-refractivity contribution >= 4 is 11.5 Å². The Hall–Kier alpha value is -2.44. The number of nitrogens with zero attached hydrogens (tertiary/aromatic N) is 2. The largest absolute Gasteiger partial charge is 0.382 e. The monoisotopic (exact) mass is 222 g/mol. The van der Waals surface area contributed by atoms with Gasteiger partial charge in [-0.25, -0.2) is 4.39 Å². The van der Waals surface area contributed by atoms with Crippen LogP contribution in [-0.4, -0.2) is 15.1 Å². The van der Waals surface area contributed by atoms with Gasteiger partial charge in [-0.1, -0.05) is 0 Å². The topological polar surface area (TPSA) is 97.8 Å². The first-order valence-electron chi connectivity index (χ1n) is 4.33. The quantitative estimate of drug-likeness (QED) is 0.596. The number of rotatable bonds is 2. The molecule has 0 amide bonds. The van der Waals surface area contributed by atoms with Gasteiger partial charge in [-0.3, -0.25) is 15.2 Å². The molecular weight excluding hydrogens is 215 g/mol. The first-order chi connectivity index (χ1) is 7.58. The molecule has 0 aliphatic carbocycles. The highest BCUT2D eigenvalue weighted by molar-refractivity contribution is 5.64. The number of anilines is 1. The Balaban J connectivity index is 2.47. The van der Waals surface area contributed by atoms with Crippen LogP contribution in [0.2, 0.25) is 0 Å². The molecule has 16 heavy (non-hydrogen) atoms. The van der Waals surface area contributed by atoms with Crippen molar-refractivity contribution in [2.45, 2.75) is 0 Å². The van der Waals surface area contributed by atoms with E-state index in [0.717, 1.165) is 6.07 Å². The third-order valence-corrected chi connectivity index (χ3v) is 2.05. The summed E-state index contributed by atoms with van der Waals surface area (Å²) in [5, 5.41) is 16.6. The van der Waals surface area contributed by atoms with Crippen molar-refractivity contribution < 1.29 is 9.31 Å². The van der Waals surface area contributed by atoms with Gasteiger partial charge in [0.25, 0.3) is 5.69 Å². The van der Waals surface area contributed by atoms with Crippen LogP contribution in [0.4, 0.5) is 15.9 Å². The molecule has 0 radical (unpaired) electrons. The molecule has 0 spiro atoms. The fourth-order valence-electron chi connectivity index (χ4n) is 1.31. The predicted octanol–water partition coefficient (Wildman–Crippen LogP) is 1.71. The summed E-state index contributed by atoms with van der Waals surface area (Å²) in [7, 11) is 0. The molecule has 0 aliphatic heterocycles. The maximum Gasteiger partial charge on any atom is 0.272 e. The minimum atomic E-state index is -0.696. The summed E-state index contributed by atoms with van der Waals surface area (Å²) in [4.78, 5) is 9.75. The maximum atomic E-state index is 13.5. The SMILES string of the molecule is Nc1cc(-c2ccc([N+](=O)[O-])cc2F)[nH]n1. The molecule has 0 aliphatic rings. The lowest BCUT2D eigenvalue weighted by Gasteiger charge is -1.99. The Morgan fingerprint density at radius 2 is 2.19 bits per heavy atom. The van der Waals surface area contributed by atoms with E-state index in [0.29, 0.717) is 5.69 Å². The number of benzene rings is 1. The fourth-order valence-corrected chi connectivity index (χ4v) is 1.31. The number of nitro benzene ring substituents is 1. The number of nitrogens with two attached hydrogens (primary N) is 1. The molecule has 2 aromatic rings. The van der Waals surface area contributed by atoms with Gasteiger partial charge in [0.15, 0.2) is 0 Å². The Morgan fingerprint density at radius 1 is 1.44 bits per heavy atom. The number of hydrogen-bond acceptors (Lipinski definition) is 4. The second-order valence-corrected chi connectivity index (χ2v) is 3.13. The molecule has 6 nitrogen and oxygen atoms in total. The zero-order valence-corrected chi connectivity index (χ0v) is 7.98. The summed E-state index contributed by atoms with van der Waals surface area (Å²) in [6.45, 7) is 0. The van der Waals surface area contributed by atoms with Gasteiger partial charge in [0.2, 0.25) is 0 Å². The van der Waals surface area contributed by atoms with Crippen LogP contribution >= 0.6 is 0 Å². The second-order valence-electron chi connectivity index (χ2n) is 3.13. The molecule has 7 heteroatoms. The summed E-state index contributed by atoms with van der Waals surface area (Å²) in [6, 6.07) is 4.83. The summed E-state index contributed by atoms with van der Waals surface area (Å²) < 4.78 is 13.5. The molecule has 1 heterocycles. The number of aromatic amines is 1. The number of nitro groups is 1. The minimum Gasteiger partial charge on any atom is -0.382 e. The Bertz CT molecular complexity index is 552. The van der Waals surface area contributed by atoms with E-state index in [1.54, 1.807) is 0 Å². The standard InChI is InChI=1S/C9H7FN4O2/c10-7-3-5(14(15)16)1-2-6(7)8-4-9(11)13-12-8/h1-4H,(H3,11,12,13). The lowest BCUT2D eigenvalue weighted by Crippen LogP contribution is -1.91. The molecule has 1 aromatic carbocycles. The van der Waals surface area contributed by atoms with Gasteiger partial charge in [-0.05, 0) is 6.07 Å². The van der Waals surface area contributed by atoms with E-state index in [9.17, 15) is 14.5 Å². The van der Waals surface area contributed by atoms with Crippen molar-refractivity contribution in [1.82, 2.24) is 10.2 Å². The van der Waals surface area contributed by atoms with Crippen LogP contribution in [0.1, 0.15) is 0 Å². The zero-order chi connectivity index (χ0) is 11.7. The van der Waals surface area contributed by atoms with Gasteiger partial charge in [0.05, 0.1) is 16.7 Å². The second kappa shape index (κ2) is 3.61. The summed E-state index contributed by atoms with van der Waals surface area (Å²) in [5.41, 5.74) is 5.64. The number of H-pyrrole nitrogens is 1. The Kier molecular flexibility index (Phi) is 2.28. The molecule has 0 unspecified atom stereocenters. The van der Waals surface area contributed by atoms with Crippen molar-refractivity contribution in [3.63, 3.8) is 0 Å². The third-order valence-electron chi connectivity index (χ3n) is 2.05. The van der Waals surface area contributed by atoms with E-state index in [1.165, 1.54) is 18.2 Å². The van der Waals surface area contributed by atoms with Crippen molar-refractivity contribution in [3.05, 3.63) is 40.2 Å². The van der Waals surface area contributed by atoms with Crippen LogP contribution in [-0.2, 0) is 0 Å². The highest BCUT2D eigenvalue weighted by Crippen LogP contribution is 2.25. The van der Waals surface area contributed by atoms with Crippen LogP contribution in [0, 0.1) is 15.9 Å². The van der Waals surface area contributed by atoms with Crippen molar-refractivity contribution in [3.8, 4) is 11.3 Å². The van der Waals surface area contributed by atoms with Gasteiger partial charge in [-0.15, -0.1) is 0 Å². The lowest BCUT2D eigenvalue weighted by molar-refractivity contribution is -0.385. The first kappa shape index (κ1) is 10.1. The molecule has 1 aromatic heterocycles. The molecule has 0 fully saturated rings. The first-order valence-corrected chi connectivity index (χ1v) is 4.33. The van der Waals surface area contributed by atoms with Crippen LogP contribution in [0.3, 0.4) is 0 Å². The molecule has 0 bridgehead atoms. The molecule has 0 atom stereocenters. The van der Waals surface area contributed by atoms with Gasteiger partial charge in [-0.2, -0.15) is 5.10 Å². The number of nitrogens with one attached hydrogen (secondary N) is 1. The van der Waals surface area contributed by atoms with Crippen LogP contribution in [0.5, 0.6) is 0 Å². The van der Waals surface area contributed by atoms with Gasteiger partial charge < -0.3 is 5.73 Å². The highest BCUT2D eigenvalue weighted by Gasteiger charge is 2.13. The van der Waals surface area contributed by atoms with Gasteiger partial charge >= 0.3 is 0 Å². The molecular formula is C9H7FN4O2. The average Bonchev–Trinajstić information content (AvgIpc) is 2.64. The number of non-ortho nitro benzene ring substituents is 1. The molecule has 0 saturated heterocycles. The average molecular weight is 222 g/mol. The molecule has 3 N–H and O–H groups in total. The van der Waals surface area contributed by atoms with E-state index in [-0.39, 0.29) is 17.1 Å². The smallest absolute Gasteiger partial charge is 0.272 e. The molecule has 82 valence electrons. The van der Waals surface area contributed by atoms with Crippen molar-refractivity contribution in [2.75, 3.05) is 5.73 Å². The minimum absolute atomic E-state index is 0.190. The number of hydrogen-bond donors (Lipinski definition) is 2. The van der Waals surface area contributed by atoms with Crippen LogP contribution < -0.4 is 5.73 Å². The molecule has 2 rings (SSSR count). The number of halogens is 1.